The van der Waals surface area contributed by atoms with Crippen molar-refractivity contribution >= 4 is 49.8 Å². The predicted octanol–water partition coefficient (Wildman–Crippen LogP) is 13.2. The van der Waals surface area contributed by atoms with E-state index in [-0.39, 0.29) is 0 Å². The minimum Gasteiger partial charge on any atom is -0.455 e. The maximum Gasteiger partial charge on any atom is 0.143 e. The fourth-order valence-corrected chi connectivity index (χ4v) is 6.93. The molecule has 0 spiro atoms. The third-order valence-electron chi connectivity index (χ3n) is 9.28. The zero-order valence-electron chi connectivity index (χ0n) is 26.3. The Balaban J connectivity index is 1.14. The average molecular weight is 614 g/mol. The SMILES string of the molecule is c1ccc(-c2cccc(N(c3ccc(-c4cccc5ccccc45)cc3)c3ccc(-c4cccc5c4oc4ccccc45)cc3)c2)cc1. The number of furan rings is 1. The van der Waals surface area contributed by atoms with Crippen LogP contribution in [0.4, 0.5) is 17.1 Å². The summed E-state index contributed by atoms with van der Waals surface area (Å²) in [7, 11) is 0. The molecule has 0 aliphatic heterocycles. The molecule has 8 aromatic carbocycles. The van der Waals surface area contributed by atoms with Gasteiger partial charge in [0.25, 0.3) is 0 Å². The number of hydrogen-bond acceptors (Lipinski definition) is 2. The molecule has 0 amide bonds. The first-order valence-corrected chi connectivity index (χ1v) is 16.3. The zero-order chi connectivity index (χ0) is 31.9. The van der Waals surface area contributed by atoms with Gasteiger partial charge in [0.1, 0.15) is 11.2 Å². The predicted molar refractivity (Wildman–Crippen MR) is 202 cm³/mol. The maximum atomic E-state index is 6.37. The largest absolute Gasteiger partial charge is 0.455 e. The first kappa shape index (κ1) is 27.9. The van der Waals surface area contributed by atoms with Gasteiger partial charge in [-0.25, -0.2) is 0 Å². The summed E-state index contributed by atoms with van der Waals surface area (Å²) in [6.45, 7) is 0. The molecule has 48 heavy (non-hydrogen) atoms. The highest BCUT2D eigenvalue weighted by atomic mass is 16.3. The number of rotatable bonds is 6. The number of para-hydroxylation sites is 2. The lowest BCUT2D eigenvalue weighted by molar-refractivity contribution is 0.670. The molecule has 226 valence electrons. The molecular weight excluding hydrogens is 583 g/mol. The lowest BCUT2D eigenvalue weighted by Gasteiger charge is -2.26. The highest BCUT2D eigenvalue weighted by Crippen LogP contribution is 2.40. The van der Waals surface area contributed by atoms with Crippen LogP contribution in [0.25, 0.3) is 66.1 Å². The summed E-state index contributed by atoms with van der Waals surface area (Å²) in [5, 5.41) is 4.78. The van der Waals surface area contributed by atoms with Gasteiger partial charge in [-0.1, -0.05) is 146 Å². The zero-order valence-corrected chi connectivity index (χ0v) is 26.3. The number of nitrogens with zero attached hydrogens (tertiary/aromatic N) is 1. The molecule has 1 heterocycles. The third-order valence-corrected chi connectivity index (χ3v) is 9.28. The van der Waals surface area contributed by atoms with Gasteiger partial charge in [-0.2, -0.15) is 0 Å². The second-order valence-corrected chi connectivity index (χ2v) is 12.2. The molecule has 9 aromatic rings. The van der Waals surface area contributed by atoms with Gasteiger partial charge in [-0.05, 0) is 81.1 Å². The molecule has 9 rings (SSSR count). The van der Waals surface area contributed by atoms with E-state index in [1.807, 2.05) is 12.1 Å². The van der Waals surface area contributed by atoms with Crippen molar-refractivity contribution in [1.82, 2.24) is 0 Å². The maximum absolute atomic E-state index is 6.37. The number of benzene rings is 8. The van der Waals surface area contributed by atoms with Crippen LogP contribution >= 0.6 is 0 Å². The second-order valence-electron chi connectivity index (χ2n) is 12.2. The quantitative estimate of drug-likeness (QED) is 0.185. The van der Waals surface area contributed by atoms with Crippen molar-refractivity contribution in [3.8, 4) is 33.4 Å². The molecule has 0 atom stereocenters. The second kappa shape index (κ2) is 11.8. The van der Waals surface area contributed by atoms with Crippen LogP contribution in [0, 0.1) is 0 Å². The van der Waals surface area contributed by atoms with Crippen molar-refractivity contribution in [2.75, 3.05) is 4.90 Å². The summed E-state index contributed by atoms with van der Waals surface area (Å²) in [5.41, 5.74) is 12.1. The Kier molecular flexibility index (Phi) is 6.84. The van der Waals surface area contributed by atoms with Crippen molar-refractivity contribution in [3.05, 3.63) is 188 Å². The van der Waals surface area contributed by atoms with Crippen LogP contribution in [-0.4, -0.2) is 0 Å². The summed E-state index contributed by atoms with van der Waals surface area (Å²) < 4.78 is 6.37. The third kappa shape index (κ3) is 4.92. The molecule has 1 aromatic heterocycles. The smallest absolute Gasteiger partial charge is 0.143 e. The van der Waals surface area contributed by atoms with Crippen molar-refractivity contribution in [2.45, 2.75) is 0 Å². The first-order chi connectivity index (χ1) is 23.8. The van der Waals surface area contributed by atoms with Crippen molar-refractivity contribution in [1.29, 1.82) is 0 Å². The van der Waals surface area contributed by atoms with E-state index in [2.05, 4.69) is 181 Å². The molecule has 0 bridgehead atoms. The molecule has 0 unspecified atom stereocenters. The van der Waals surface area contributed by atoms with Gasteiger partial charge in [0.15, 0.2) is 0 Å². The molecule has 0 radical (unpaired) electrons. The van der Waals surface area contributed by atoms with Gasteiger partial charge in [0.05, 0.1) is 0 Å². The van der Waals surface area contributed by atoms with E-state index in [4.69, 9.17) is 4.42 Å². The number of anilines is 3. The van der Waals surface area contributed by atoms with Crippen LogP contribution in [0.2, 0.25) is 0 Å². The Hall–Kier alpha value is -6.38. The molecular formula is C46H31NO. The Morgan fingerprint density at radius 1 is 0.333 bits per heavy atom. The van der Waals surface area contributed by atoms with Gasteiger partial charge in [-0.3, -0.25) is 0 Å². The van der Waals surface area contributed by atoms with Crippen molar-refractivity contribution in [2.24, 2.45) is 0 Å². The van der Waals surface area contributed by atoms with Crippen LogP contribution < -0.4 is 4.90 Å². The van der Waals surface area contributed by atoms with Crippen LogP contribution in [-0.2, 0) is 0 Å². The number of fused-ring (bicyclic) bond motifs is 4. The molecule has 0 saturated heterocycles. The molecule has 0 aliphatic carbocycles. The lowest BCUT2D eigenvalue weighted by atomic mass is 9.98. The fourth-order valence-electron chi connectivity index (χ4n) is 6.93. The summed E-state index contributed by atoms with van der Waals surface area (Å²) in [4.78, 5) is 2.34. The Morgan fingerprint density at radius 2 is 0.896 bits per heavy atom. The lowest BCUT2D eigenvalue weighted by Crippen LogP contribution is -2.10. The Morgan fingerprint density at radius 3 is 1.69 bits per heavy atom. The Labute approximate surface area is 279 Å². The van der Waals surface area contributed by atoms with Gasteiger partial charge in [-0.15, -0.1) is 0 Å². The van der Waals surface area contributed by atoms with E-state index in [1.54, 1.807) is 0 Å². The van der Waals surface area contributed by atoms with Gasteiger partial charge < -0.3 is 9.32 Å². The highest BCUT2D eigenvalue weighted by molar-refractivity contribution is 6.09. The van der Waals surface area contributed by atoms with Crippen molar-refractivity contribution < 1.29 is 4.42 Å². The molecule has 0 fully saturated rings. The van der Waals surface area contributed by atoms with E-state index in [0.29, 0.717) is 0 Å². The van der Waals surface area contributed by atoms with E-state index in [1.165, 1.54) is 33.0 Å². The molecule has 0 aliphatic rings. The van der Waals surface area contributed by atoms with Crippen LogP contribution in [0.5, 0.6) is 0 Å². The van der Waals surface area contributed by atoms with Crippen molar-refractivity contribution in [3.63, 3.8) is 0 Å². The fraction of sp³-hybridized carbons (Fsp3) is 0. The minimum absolute atomic E-state index is 0.910. The summed E-state index contributed by atoms with van der Waals surface area (Å²) >= 11 is 0. The normalized spacial score (nSPS) is 11.3. The molecule has 0 N–H and O–H groups in total. The van der Waals surface area contributed by atoms with Gasteiger partial charge >= 0.3 is 0 Å². The number of hydrogen-bond donors (Lipinski definition) is 0. The summed E-state index contributed by atoms with van der Waals surface area (Å²) in [5.74, 6) is 0. The van der Waals surface area contributed by atoms with E-state index in [0.717, 1.165) is 50.1 Å². The Bertz CT molecular complexity index is 2540. The van der Waals surface area contributed by atoms with E-state index < -0.39 is 0 Å². The monoisotopic (exact) mass is 613 g/mol. The van der Waals surface area contributed by atoms with E-state index in [9.17, 15) is 0 Å². The van der Waals surface area contributed by atoms with E-state index >= 15 is 0 Å². The van der Waals surface area contributed by atoms with Gasteiger partial charge in [0.2, 0.25) is 0 Å². The topological polar surface area (TPSA) is 16.4 Å². The molecule has 2 nitrogen and oxygen atoms in total. The van der Waals surface area contributed by atoms with Gasteiger partial charge in [0, 0.05) is 33.4 Å². The summed E-state index contributed by atoms with van der Waals surface area (Å²) in [6, 6.07) is 66.9. The minimum atomic E-state index is 0.910. The van der Waals surface area contributed by atoms with Crippen LogP contribution in [0.15, 0.2) is 192 Å². The summed E-state index contributed by atoms with van der Waals surface area (Å²) in [6.07, 6.45) is 0. The molecule has 2 heteroatoms. The standard InChI is InChI=1S/C46H31NO/c1-2-11-32(12-3-1)36-15-8-16-39(31-36)47(37-27-23-34(24-28-37)41-19-9-14-33-13-4-5-17-40(33)41)38-29-25-35(26-30-38)42-20-10-21-44-43-18-6-7-22-45(43)48-46(42)44/h1-31H. The first-order valence-electron chi connectivity index (χ1n) is 16.3. The average Bonchev–Trinajstić information content (AvgIpc) is 3.55. The highest BCUT2D eigenvalue weighted by Gasteiger charge is 2.16. The molecule has 0 saturated carbocycles. The van der Waals surface area contributed by atoms with Crippen LogP contribution in [0.3, 0.4) is 0 Å². The van der Waals surface area contributed by atoms with Crippen LogP contribution in [0.1, 0.15) is 0 Å².